The lowest BCUT2D eigenvalue weighted by Gasteiger charge is -2.13. The standard InChI is InChI=1S/C18H23N7O2/c1-11-4-5-13(8-14(11)22-12(2)26)23-17-9-15(20-6-7-27-3)18-21-10-16(19)25(18)24-17/h4-5,8-10,20H,6-7,19H2,1-3H3,(H,22,26)(H,23,24). The molecule has 2 heterocycles. The normalized spacial score (nSPS) is 10.8. The molecule has 0 saturated carbocycles. The molecule has 0 spiro atoms. The van der Waals surface area contributed by atoms with Crippen LogP contribution in [0.15, 0.2) is 30.5 Å². The molecule has 3 aromatic rings. The molecule has 0 bridgehead atoms. The average molecular weight is 369 g/mol. The topological polar surface area (TPSA) is 119 Å². The molecule has 0 aliphatic carbocycles. The molecule has 1 amide bonds. The summed E-state index contributed by atoms with van der Waals surface area (Å²) in [5.41, 5.74) is 9.90. The van der Waals surface area contributed by atoms with E-state index < -0.39 is 0 Å². The lowest BCUT2D eigenvalue weighted by atomic mass is 10.1. The number of benzene rings is 1. The summed E-state index contributed by atoms with van der Waals surface area (Å²) >= 11 is 0. The second-order valence-corrected chi connectivity index (χ2v) is 6.12. The molecule has 5 N–H and O–H groups in total. The van der Waals surface area contributed by atoms with Crippen molar-refractivity contribution in [2.75, 3.05) is 41.9 Å². The van der Waals surface area contributed by atoms with E-state index in [1.165, 1.54) is 6.92 Å². The van der Waals surface area contributed by atoms with E-state index in [0.717, 1.165) is 22.6 Å². The number of methoxy groups -OCH3 is 1. The number of aryl methyl sites for hydroxylation is 1. The Hall–Kier alpha value is -3.33. The molecule has 142 valence electrons. The smallest absolute Gasteiger partial charge is 0.221 e. The maximum Gasteiger partial charge on any atom is 0.221 e. The van der Waals surface area contributed by atoms with Crippen molar-refractivity contribution in [2.45, 2.75) is 13.8 Å². The average Bonchev–Trinajstić information content (AvgIpc) is 2.99. The number of hydrogen-bond donors (Lipinski definition) is 4. The van der Waals surface area contributed by atoms with E-state index >= 15 is 0 Å². The van der Waals surface area contributed by atoms with Crippen LogP contribution in [0.1, 0.15) is 12.5 Å². The van der Waals surface area contributed by atoms with Crippen LogP contribution in [0.3, 0.4) is 0 Å². The highest BCUT2D eigenvalue weighted by Gasteiger charge is 2.11. The van der Waals surface area contributed by atoms with Gasteiger partial charge >= 0.3 is 0 Å². The Bertz CT molecular complexity index is 968. The number of amides is 1. The minimum atomic E-state index is -0.120. The van der Waals surface area contributed by atoms with E-state index in [9.17, 15) is 4.79 Å². The van der Waals surface area contributed by atoms with Crippen molar-refractivity contribution in [1.82, 2.24) is 14.6 Å². The third kappa shape index (κ3) is 4.26. The van der Waals surface area contributed by atoms with E-state index in [4.69, 9.17) is 10.5 Å². The SMILES string of the molecule is COCCNc1cc(Nc2ccc(C)c(NC(C)=O)c2)nn2c(N)cnc12. The summed E-state index contributed by atoms with van der Waals surface area (Å²) in [7, 11) is 1.65. The highest BCUT2D eigenvalue weighted by molar-refractivity contribution is 5.90. The Balaban J connectivity index is 1.92. The van der Waals surface area contributed by atoms with Crippen molar-refractivity contribution in [3.8, 4) is 0 Å². The van der Waals surface area contributed by atoms with Crippen LogP contribution >= 0.6 is 0 Å². The Morgan fingerprint density at radius 2 is 2.11 bits per heavy atom. The zero-order valence-corrected chi connectivity index (χ0v) is 15.5. The molecule has 9 heteroatoms. The summed E-state index contributed by atoms with van der Waals surface area (Å²) in [6, 6.07) is 7.56. The summed E-state index contributed by atoms with van der Waals surface area (Å²) in [5, 5.41) is 13.8. The van der Waals surface area contributed by atoms with E-state index in [2.05, 4.69) is 26.0 Å². The Kier molecular flexibility index (Phi) is 5.41. The summed E-state index contributed by atoms with van der Waals surface area (Å²) in [6.07, 6.45) is 1.56. The largest absolute Gasteiger partial charge is 0.383 e. The molecule has 9 nitrogen and oxygen atoms in total. The van der Waals surface area contributed by atoms with Gasteiger partial charge < -0.3 is 26.4 Å². The van der Waals surface area contributed by atoms with Gasteiger partial charge in [-0.3, -0.25) is 4.79 Å². The van der Waals surface area contributed by atoms with Crippen molar-refractivity contribution in [2.24, 2.45) is 0 Å². The van der Waals surface area contributed by atoms with Gasteiger partial charge in [0.2, 0.25) is 5.91 Å². The third-order valence-electron chi connectivity index (χ3n) is 3.94. The number of nitrogens with one attached hydrogen (secondary N) is 3. The van der Waals surface area contributed by atoms with Crippen LogP contribution in [0.4, 0.5) is 28.7 Å². The first kappa shape index (κ1) is 18.5. The summed E-state index contributed by atoms with van der Waals surface area (Å²) in [6.45, 7) is 4.60. The number of aromatic nitrogens is 3. The highest BCUT2D eigenvalue weighted by Crippen LogP contribution is 2.26. The van der Waals surface area contributed by atoms with Gasteiger partial charge in [-0.1, -0.05) is 6.07 Å². The molecule has 0 aliphatic rings. The number of ether oxygens (including phenoxy) is 1. The monoisotopic (exact) mass is 369 g/mol. The van der Waals surface area contributed by atoms with Crippen molar-refractivity contribution < 1.29 is 9.53 Å². The fraction of sp³-hybridized carbons (Fsp3) is 0.278. The molecule has 0 fully saturated rings. The van der Waals surface area contributed by atoms with Gasteiger partial charge in [-0.2, -0.15) is 4.52 Å². The number of nitrogen functional groups attached to an aromatic ring is 1. The quantitative estimate of drug-likeness (QED) is 0.472. The first-order valence-electron chi connectivity index (χ1n) is 8.50. The number of imidazole rings is 1. The summed E-state index contributed by atoms with van der Waals surface area (Å²) < 4.78 is 6.65. The van der Waals surface area contributed by atoms with E-state index in [1.54, 1.807) is 17.8 Å². The second-order valence-electron chi connectivity index (χ2n) is 6.12. The first-order chi connectivity index (χ1) is 13.0. The minimum absolute atomic E-state index is 0.120. The lowest BCUT2D eigenvalue weighted by Crippen LogP contribution is -2.11. The van der Waals surface area contributed by atoms with Crippen LogP contribution in [0.25, 0.3) is 5.65 Å². The molecular formula is C18H23N7O2. The number of carbonyl (C=O) groups is 1. The summed E-state index contributed by atoms with van der Waals surface area (Å²) in [4.78, 5) is 15.7. The van der Waals surface area contributed by atoms with Crippen molar-refractivity contribution in [3.63, 3.8) is 0 Å². The number of nitrogens with zero attached hydrogens (tertiary/aromatic N) is 3. The number of hydrogen-bond acceptors (Lipinski definition) is 7. The Morgan fingerprint density at radius 1 is 1.30 bits per heavy atom. The zero-order valence-electron chi connectivity index (χ0n) is 15.5. The van der Waals surface area contributed by atoms with Gasteiger partial charge in [-0.15, -0.1) is 5.10 Å². The minimum Gasteiger partial charge on any atom is -0.383 e. The third-order valence-corrected chi connectivity index (χ3v) is 3.94. The van der Waals surface area contributed by atoms with Crippen LogP contribution in [-0.2, 0) is 9.53 Å². The van der Waals surface area contributed by atoms with Gasteiger partial charge in [0, 0.05) is 38.0 Å². The maximum atomic E-state index is 11.4. The molecule has 2 aromatic heterocycles. The summed E-state index contributed by atoms with van der Waals surface area (Å²) in [5.74, 6) is 0.904. The van der Waals surface area contributed by atoms with Gasteiger partial charge in [-0.25, -0.2) is 4.98 Å². The highest BCUT2D eigenvalue weighted by atomic mass is 16.5. The van der Waals surface area contributed by atoms with Crippen LogP contribution in [0, 0.1) is 6.92 Å². The van der Waals surface area contributed by atoms with Gasteiger partial charge in [0.05, 0.1) is 18.5 Å². The van der Waals surface area contributed by atoms with Gasteiger partial charge in [0.15, 0.2) is 11.5 Å². The maximum absolute atomic E-state index is 11.4. The van der Waals surface area contributed by atoms with Crippen molar-refractivity contribution >= 4 is 40.3 Å². The molecule has 0 saturated heterocycles. The number of carbonyl (C=O) groups excluding carboxylic acids is 1. The lowest BCUT2D eigenvalue weighted by molar-refractivity contribution is -0.114. The van der Waals surface area contributed by atoms with Crippen LogP contribution in [0.2, 0.25) is 0 Å². The second kappa shape index (κ2) is 7.92. The first-order valence-corrected chi connectivity index (χ1v) is 8.50. The molecule has 0 unspecified atom stereocenters. The van der Waals surface area contributed by atoms with Crippen molar-refractivity contribution in [3.05, 3.63) is 36.0 Å². The predicted octanol–water partition coefficient (Wildman–Crippen LogP) is 2.38. The Morgan fingerprint density at radius 3 is 2.85 bits per heavy atom. The number of fused-ring (bicyclic) bond motifs is 1. The van der Waals surface area contributed by atoms with E-state index in [0.29, 0.717) is 30.4 Å². The Labute approximate surface area is 156 Å². The molecular weight excluding hydrogens is 346 g/mol. The van der Waals surface area contributed by atoms with Crippen molar-refractivity contribution in [1.29, 1.82) is 0 Å². The number of rotatable bonds is 7. The fourth-order valence-corrected chi connectivity index (χ4v) is 2.64. The molecule has 0 aliphatic heterocycles. The predicted molar refractivity (Wildman–Crippen MR) is 107 cm³/mol. The number of nitrogens with two attached hydrogens (primary N) is 1. The van der Waals surface area contributed by atoms with Crippen LogP contribution < -0.4 is 21.7 Å². The van der Waals surface area contributed by atoms with E-state index in [-0.39, 0.29) is 5.91 Å². The van der Waals surface area contributed by atoms with Gasteiger partial charge in [-0.05, 0) is 24.6 Å². The molecule has 0 atom stereocenters. The molecule has 3 rings (SSSR count). The molecule has 1 aromatic carbocycles. The number of anilines is 5. The molecule has 0 radical (unpaired) electrons. The molecule has 27 heavy (non-hydrogen) atoms. The van der Waals surface area contributed by atoms with Crippen LogP contribution in [-0.4, -0.2) is 40.8 Å². The fourth-order valence-electron chi connectivity index (χ4n) is 2.64. The van der Waals surface area contributed by atoms with Crippen LogP contribution in [0.5, 0.6) is 0 Å². The van der Waals surface area contributed by atoms with Gasteiger partial charge in [0.25, 0.3) is 0 Å². The van der Waals surface area contributed by atoms with Gasteiger partial charge in [0.1, 0.15) is 5.82 Å². The zero-order chi connectivity index (χ0) is 19.4. The van der Waals surface area contributed by atoms with E-state index in [1.807, 2.05) is 31.2 Å².